The Morgan fingerprint density at radius 1 is 1.16 bits per heavy atom. The Bertz CT molecular complexity index is 1260. The molecule has 2 aromatic carbocycles. The summed E-state index contributed by atoms with van der Waals surface area (Å²) in [7, 11) is -3.53. The molecule has 1 N–H and O–H groups in total. The third-order valence-electron chi connectivity index (χ3n) is 4.81. The van der Waals surface area contributed by atoms with Gasteiger partial charge in [-0.1, -0.05) is 17.2 Å². The molecular formula is C20H17FN4O5S. The van der Waals surface area contributed by atoms with E-state index < -0.39 is 27.5 Å². The number of sulfone groups is 1. The van der Waals surface area contributed by atoms with Gasteiger partial charge < -0.3 is 9.32 Å². The van der Waals surface area contributed by atoms with Crippen LogP contribution in [0.2, 0.25) is 0 Å². The maximum atomic E-state index is 13.1. The van der Waals surface area contributed by atoms with E-state index in [0.717, 1.165) is 6.26 Å². The van der Waals surface area contributed by atoms with Crippen LogP contribution in [0.4, 0.5) is 16.1 Å². The molecule has 9 nitrogen and oxygen atoms in total. The quantitative estimate of drug-likeness (QED) is 0.640. The fourth-order valence-electron chi connectivity index (χ4n) is 3.31. The van der Waals surface area contributed by atoms with Gasteiger partial charge in [-0.2, -0.15) is 0 Å². The van der Waals surface area contributed by atoms with Crippen LogP contribution in [0.5, 0.6) is 0 Å². The minimum absolute atomic E-state index is 0.0212. The number of rotatable bonds is 5. The fraction of sp³-hybridized carbons (Fsp3) is 0.200. The van der Waals surface area contributed by atoms with Crippen molar-refractivity contribution >= 4 is 33.4 Å². The molecule has 2 amide bonds. The summed E-state index contributed by atoms with van der Waals surface area (Å²) >= 11 is 0. The lowest BCUT2D eigenvalue weighted by Gasteiger charge is -2.16. The van der Waals surface area contributed by atoms with Crippen LogP contribution in [0.15, 0.2) is 57.8 Å². The predicted octanol–water partition coefficient (Wildman–Crippen LogP) is 2.27. The number of nitrogens with zero attached hydrogens (tertiary/aromatic N) is 3. The Labute approximate surface area is 176 Å². The van der Waals surface area contributed by atoms with Crippen molar-refractivity contribution in [1.82, 2.24) is 10.2 Å². The first kappa shape index (κ1) is 20.7. The van der Waals surface area contributed by atoms with Crippen molar-refractivity contribution in [2.45, 2.75) is 11.3 Å². The van der Waals surface area contributed by atoms with Gasteiger partial charge in [0, 0.05) is 24.9 Å². The number of benzene rings is 2. The smallest absolute Gasteiger partial charge is 0.322 e. The van der Waals surface area contributed by atoms with Crippen molar-refractivity contribution in [3.05, 3.63) is 54.3 Å². The second kappa shape index (κ2) is 7.91. The monoisotopic (exact) mass is 444 g/mol. The lowest BCUT2D eigenvalue weighted by Crippen LogP contribution is -2.28. The van der Waals surface area contributed by atoms with Gasteiger partial charge in [-0.25, -0.2) is 12.8 Å². The molecule has 0 aliphatic carbocycles. The number of amides is 2. The van der Waals surface area contributed by atoms with E-state index in [9.17, 15) is 22.4 Å². The minimum Gasteiger partial charge on any atom is -0.403 e. The van der Waals surface area contributed by atoms with Crippen LogP contribution in [-0.2, 0) is 19.4 Å². The highest BCUT2D eigenvalue weighted by Crippen LogP contribution is 2.29. The molecule has 2 heterocycles. The van der Waals surface area contributed by atoms with E-state index >= 15 is 0 Å². The average molecular weight is 444 g/mol. The number of aromatic nitrogens is 2. The number of halogens is 1. The van der Waals surface area contributed by atoms with E-state index in [-0.39, 0.29) is 41.2 Å². The van der Waals surface area contributed by atoms with Gasteiger partial charge in [0.05, 0.1) is 16.4 Å². The summed E-state index contributed by atoms with van der Waals surface area (Å²) < 4.78 is 42.5. The Balaban J connectivity index is 1.48. The van der Waals surface area contributed by atoms with Gasteiger partial charge in [-0.3, -0.25) is 14.9 Å². The Morgan fingerprint density at radius 2 is 1.87 bits per heavy atom. The number of carbonyl (C=O) groups excluding carboxylic acids is 2. The first-order valence-corrected chi connectivity index (χ1v) is 11.1. The van der Waals surface area contributed by atoms with Crippen molar-refractivity contribution in [1.29, 1.82) is 0 Å². The Hall–Kier alpha value is -3.60. The number of hydrogen-bond acceptors (Lipinski definition) is 7. The summed E-state index contributed by atoms with van der Waals surface area (Å²) in [5, 5.41) is 10.0. The predicted molar refractivity (Wildman–Crippen MR) is 108 cm³/mol. The maximum Gasteiger partial charge on any atom is 0.322 e. The summed E-state index contributed by atoms with van der Waals surface area (Å²) in [5.41, 5.74) is 0.718. The van der Waals surface area contributed by atoms with Crippen LogP contribution >= 0.6 is 0 Å². The number of nitrogens with one attached hydrogen (secondary N) is 1. The number of anilines is 2. The highest BCUT2D eigenvalue weighted by Gasteiger charge is 2.35. The minimum atomic E-state index is -3.53. The molecule has 31 heavy (non-hydrogen) atoms. The highest BCUT2D eigenvalue weighted by molar-refractivity contribution is 7.90. The van der Waals surface area contributed by atoms with Gasteiger partial charge in [-0.15, -0.1) is 5.10 Å². The van der Waals surface area contributed by atoms with Gasteiger partial charge in [0.1, 0.15) is 5.82 Å². The normalized spacial score (nSPS) is 16.5. The van der Waals surface area contributed by atoms with Crippen LogP contribution in [-0.4, -0.2) is 43.2 Å². The largest absolute Gasteiger partial charge is 0.403 e. The topological polar surface area (TPSA) is 122 Å². The fourth-order valence-corrected chi connectivity index (χ4v) is 4.19. The zero-order chi connectivity index (χ0) is 22.2. The molecule has 1 unspecified atom stereocenters. The van der Waals surface area contributed by atoms with E-state index in [0.29, 0.717) is 5.69 Å². The van der Waals surface area contributed by atoms with Crippen LogP contribution in [0.1, 0.15) is 6.42 Å². The summed E-state index contributed by atoms with van der Waals surface area (Å²) in [6.07, 6.45) is 1.04. The first-order valence-electron chi connectivity index (χ1n) is 9.22. The van der Waals surface area contributed by atoms with Crippen molar-refractivity contribution in [3.8, 4) is 11.5 Å². The maximum absolute atomic E-state index is 13.1. The van der Waals surface area contributed by atoms with Crippen LogP contribution in [0.25, 0.3) is 11.5 Å². The number of hydrogen-bond donors (Lipinski definition) is 1. The molecule has 1 atom stereocenters. The third-order valence-corrected chi connectivity index (χ3v) is 5.96. The number of carbonyl (C=O) groups is 2. The Morgan fingerprint density at radius 3 is 2.58 bits per heavy atom. The van der Waals surface area contributed by atoms with Gasteiger partial charge in [0.25, 0.3) is 5.89 Å². The molecule has 3 aromatic rings. The van der Waals surface area contributed by atoms with E-state index in [1.165, 1.54) is 41.3 Å². The molecular weight excluding hydrogens is 427 g/mol. The first-order chi connectivity index (χ1) is 14.7. The molecule has 160 valence electrons. The molecule has 0 spiro atoms. The van der Waals surface area contributed by atoms with E-state index in [1.807, 2.05) is 0 Å². The lowest BCUT2D eigenvalue weighted by molar-refractivity contribution is -0.122. The summed E-state index contributed by atoms with van der Waals surface area (Å²) in [6, 6.07) is 11.3. The zero-order valence-electron chi connectivity index (χ0n) is 16.3. The second-order valence-electron chi connectivity index (χ2n) is 7.05. The molecule has 1 fully saturated rings. The lowest BCUT2D eigenvalue weighted by atomic mass is 10.1. The standard InChI is InChI=1S/C20H17FN4O5S/c1-31(28,29)16-5-3-2-4-15(16)19-23-24-20(30-19)22-18(27)12-10-17(26)25(11-12)14-8-6-13(21)7-9-14/h2-9,12H,10-11H2,1H3,(H,22,24,27). The van der Waals surface area contributed by atoms with Crippen LogP contribution in [0, 0.1) is 11.7 Å². The summed E-state index contributed by atoms with van der Waals surface area (Å²) in [6.45, 7) is 0.119. The molecule has 1 aliphatic rings. The summed E-state index contributed by atoms with van der Waals surface area (Å²) in [5.74, 6) is -1.91. The molecule has 1 aromatic heterocycles. The molecule has 1 aliphatic heterocycles. The molecule has 1 saturated heterocycles. The third kappa shape index (κ3) is 4.31. The van der Waals surface area contributed by atoms with Crippen LogP contribution in [0.3, 0.4) is 0 Å². The van der Waals surface area contributed by atoms with Crippen molar-refractivity contribution in [3.63, 3.8) is 0 Å². The molecule has 11 heteroatoms. The van der Waals surface area contributed by atoms with Crippen molar-refractivity contribution in [2.24, 2.45) is 5.92 Å². The van der Waals surface area contributed by atoms with Crippen LogP contribution < -0.4 is 10.2 Å². The molecule has 0 saturated carbocycles. The van der Waals surface area contributed by atoms with Gasteiger partial charge in [0.2, 0.25) is 11.8 Å². The van der Waals surface area contributed by atoms with Crippen molar-refractivity contribution < 1.29 is 26.8 Å². The van der Waals surface area contributed by atoms with E-state index in [2.05, 4.69) is 15.5 Å². The molecule has 4 rings (SSSR count). The second-order valence-corrected chi connectivity index (χ2v) is 9.04. The van der Waals surface area contributed by atoms with E-state index in [4.69, 9.17) is 4.42 Å². The van der Waals surface area contributed by atoms with Gasteiger partial charge in [0.15, 0.2) is 9.84 Å². The molecule has 0 radical (unpaired) electrons. The summed E-state index contributed by atoms with van der Waals surface area (Å²) in [4.78, 5) is 26.3. The highest BCUT2D eigenvalue weighted by atomic mass is 32.2. The average Bonchev–Trinajstić information content (AvgIpc) is 3.35. The van der Waals surface area contributed by atoms with Crippen molar-refractivity contribution in [2.75, 3.05) is 23.0 Å². The SMILES string of the molecule is CS(=O)(=O)c1ccccc1-c1nnc(NC(=O)C2CC(=O)N(c3ccc(F)cc3)C2)o1. The van der Waals surface area contributed by atoms with Gasteiger partial charge >= 0.3 is 6.01 Å². The van der Waals surface area contributed by atoms with Gasteiger partial charge in [-0.05, 0) is 36.4 Å². The van der Waals surface area contributed by atoms with E-state index in [1.54, 1.807) is 12.1 Å². The zero-order valence-corrected chi connectivity index (χ0v) is 17.1. The molecule has 0 bridgehead atoms. The Kier molecular flexibility index (Phi) is 5.27.